The van der Waals surface area contributed by atoms with Crippen LogP contribution < -0.4 is 10.5 Å². The van der Waals surface area contributed by atoms with Gasteiger partial charge in [-0.25, -0.2) is 21.6 Å². The van der Waals surface area contributed by atoms with Gasteiger partial charge in [0.2, 0.25) is 0 Å². The fraction of sp³-hybridized carbons (Fsp3) is 0.0769. The quantitative estimate of drug-likeness (QED) is 0.909. The zero-order chi connectivity index (χ0) is 15.6. The number of hydrogen-bond acceptors (Lipinski definition) is 3. The number of nitrogens with one attached hydrogen (secondary N) is 1. The van der Waals surface area contributed by atoms with Crippen LogP contribution in [0.5, 0.6) is 0 Å². The molecule has 0 amide bonds. The molecular weight excluding hydrogens is 305 g/mol. The Bertz CT molecular complexity index is 779. The molecule has 0 bridgehead atoms. The topological polar surface area (TPSA) is 72.2 Å². The summed E-state index contributed by atoms with van der Waals surface area (Å²) in [5.74, 6) is -3.02. The predicted molar refractivity (Wildman–Crippen MR) is 71.5 cm³/mol. The molecule has 0 fully saturated rings. The minimum atomic E-state index is -4.37. The third-order valence-corrected chi connectivity index (χ3v) is 4.10. The van der Waals surface area contributed by atoms with Gasteiger partial charge in [-0.3, -0.25) is 4.72 Å². The van der Waals surface area contributed by atoms with E-state index < -0.39 is 32.4 Å². The Morgan fingerprint density at radius 3 is 2.29 bits per heavy atom. The smallest absolute Gasteiger partial charge is 0.264 e. The van der Waals surface area contributed by atoms with E-state index >= 15 is 0 Å². The number of sulfonamides is 1. The molecular formula is C13H11F3N2O2S. The molecule has 0 aliphatic rings. The molecule has 2 aromatic rings. The molecule has 112 valence electrons. The maximum atomic E-state index is 13.7. The fourth-order valence-corrected chi connectivity index (χ4v) is 2.79. The molecule has 0 aromatic heterocycles. The molecule has 0 saturated heterocycles. The third-order valence-electron chi connectivity index (χ3n) is 2.70. The lowest BCUT2D eigenvalue weighted by Crippen LogP contribution is -2.16. The Hall–Kier alpha value is -2.06. The molecule has 4 nitrogen and oxygen atoms in total. The lowest BCUT2D eigenvalue weighted by atomic mass is 10.2. The van der Waals surface area contributed by atoms with Crippen LogP contribution in [0.15, 0.2) is 41.3 Å². The Morgan fingerprint density at radius 1 is 1.00 bits per heavy atom. The summed E-state index contributed by atoms with van der Waals surface area (Å²) < 4.78 is 65.9. The molecule has 21 heavy (non-hydrogen) atoms. The van der Waals surface area contributed by atoms with Gasteiger partial charge >= 0.3 is 0 Å². The van der Waals surface area contributed by atoms with Crippen LogP contribution >= 0.6 is 0 Å². The third kappa shape index (κ3) is 3.34. The van der Waals surface area contributed by atoms with Crippen LogP contribution in [-0.2, 0) is 16.6 Å². The van der Waals surface area contributed by atoms with Gasteiger partial charge in [0.05, 0.1) is 5.69 Å². The van der Waals surface area contributed by atoms with E-state index in [0.717, 1.165) is 18.2 Å². The summed E-state index contributed by atoms with van der Waals surface area (Å²) in [7, 11) is -4.37. The molecule has 0 heterocycles. The van der Waals surface area contributed by atoms with Crippen molar-refractivity contribution in [2.75, 3.05) is 4.72 Å². The Labute approximate surface area is 119 Å². The monoisotopic (exact) mass is 316 g/mol. The first kappa shape index (κ1) is 15.3. The summed E-state index contributed by atoms with van der Waals surface area (Å²) in [5.41, 5.74) is 5.46. The van der Waals surface area contributed by atoms with Gasteiger partial charge in [0.1, 0.15) is 22.3 Å². The number of hydrogen-bond donors (Lipinski definition) is 2. The molecule has 0 saturated carbocycles. The summed E-state index contributed by atoms with van der Waals surface area (Å²) in [5, 5.41) is 0. The first-order valence-electron chi connectivity index (χ1n) is 5.80. The first-order valence-corrected chi connectivity index (χ1v) is 7.28. The van der Waals surface area contributed by atoms with Crippen LogP contribution in [0.1, 0.15) is 5.56 Å². The number of benzene rings is 2. The summed E-state index contributed by atoms with van der Waals surface area (Å²) >= 11 is 0. The highest BCUT2D eigenvalue weighted by Crippen LogP contribution is 2.22. The first-order chi connectivity index (χ1) is 9.83. The normalized spacial score (nSPS) is 11.4. The molecule has 0 atom stereocenters. The van der Waals surface area contributed by atoms with Gasteiger partial charge in [-0.05, 0) is 29.8 Å². The zero-order valence-corrected chi connectivity index (χ0v) is 11.4. The molecule has 2 rings (SSSR count). The average molecular weight is 316 g/mol. The van der Waals surface area contributed by atoms with E-state index in [2.05, 4.69) is 0 Å². The van der Waals surface area contributed by atoms with Gasteiger partial charge in [0, 0.05) is 12.6 Å². The summed E-state index contributed by atoms with van der Waals surface area (Å²) in [6.45, 7) is 0.0938. The maximum absolute atomic E-state index is 13.7. The lowest BCUT2D eigenvalue weighted by molar-refractivity contribution is 0.550. The molecule has 2 aromatic carbocycles. The van der Waals surface area contributed by atoms with Gasteiger partial charge in [-0.2, -0.15) is 0 Å². The summed E-state index contributed by atoms with van der Waals surface area (Å²) in [6.07, 6.45) is 0. The van der Waals surface area contributed by atoms with Crippen molar-refractivity contribution in [1.82, 2.24) is 0 Å². The number of halogens is 3. The molecule has 0 aliphatic heterocycles. The Kier molecular flexibility index (Phi) is 4.19. The summed E-state index contributed by atoms with van der Waals surface area (Å²) in [6, 6.07) is 5.67. The van der Waals surface area contributed by atoms with Crippen molar-refractivity contribution >= 4 is 15.7 Å². The zero-order valence-electron chi connectivity index (χ0n) is 10.6. The standard InChI is InChI=1S/C13H11F3N2O2S/c14-9-2-4-13(11(16)6-9)21(19,20)18-12-3-1-8(7-17)5-10(12)15/h1-6,18H,7,17H2. The van der Waals surface area contributed by atoms with Crippen molar-refractivity contribution in [2.24, 2.45) is 5.73 Å². The minimum absolute atomic E-state index is 0.0938. The molecule has 0 unspecified atom stereocenters. The van der Waals surface area contributed by atoms with Gasteiger partial charge in [0.25, 0.3) is 10.0 Å². The Morgan fingerprint density at radius 2 is 1.71 bits per heavy atom. The van der Waals surface area contributed by atoms with Gasteiger partial charge < -0.3 is 5.73 Å². The second kappa shape index (κ2) is 5.74. The summed E-state index contributed by atoms with van der Waals surface area (Å²) in [4.78, 5) is -0.772. The number of rotatable bonds is 4. The van der Waals surface area contributed by atoms with Crippen LogP contribution in [0.2, 0.25) is 0 Å². The van der Waals surface area contributed by atoms with Crippen molar-refractivity contribution in [3.63, 3.8) is 0 Å². The lowest BCUT2D eigenvalue weighted by Gasteiger charge is -2.10. The van der Waals surface area contributed by atoms with E-state index in [0.29, 0.717) is 11.6 Å². The largest absolute Gasteiger partial charge is 0.326 e. The van der Waals surface area contributed by atoms with E-state index in [-0.39, 0.29) is 12.2 Å². The Balaban J connectivity index is 2.37. The van der Waals surface area contributed by atoms with Gasteiger partial charge in [-0.15, -0.1) is 0 Å². The van der Waals surface area contributed by atoms with Crippen LogP contribution in [0.3, 0.4) is 0 Å². The fourth-order valence-electron chi connectivity index (χ4n) is 1.66. The molecule has 3 N–H and O–H groups in total. The molecule has 0 radical (unpaired) electrons. The number of nitrogens with two attached hydrogens (primary N) is 1. The SMILES string of the molecule is NCc1ccc(NS(=O)(=O)c2ccc(F)cc2F)c(F)c1. The van der Waals surface area contributed by atoms with Crippen LogP contribution in [0, 0.1) is 17.5 Å². The highest BCUT2D eigenvalue weighted by Gasteiger charge is 2.21. The minimum Gasteiger partial charge on any atom is -0.326 e. The number of anilines is 1. The van der Waals surface area contributed by atoms with Gasteiger partial charge in [0.15, 0.2) is 0 Å². The molecule has 0 spiro atoms. The maximum Gasteiger partial charge on any atom is 0.264 e. The molecule has 0 aliphatic carbocycles. The van der Waals surface area contributed by atoms with Crippen molar-refractivity contribution in [1.29, 1.82) is 0 Å². The average Bonchev–Trinajstić information content (AvgIpc) is 2.40. The van der Waals surface area contributed by atoms with E-state index in [4.69, 9.17) is 5.73 Å². The van der Waals surface area contributed by atoms with E-state index in [1.807, 2.05) is 4.72 Å². The van der Waals surface area contributed by atoms with Crippen LogP contribution in [-0.4, -0.2) is 8.42 Å². The van der Waals surface area contributed by atoms with Crippen LogP contribution in [0.4, 0.5) is 18.9 Å². The van der Waals surface area contributed by atoms with Crippen molar-refractivity contribution in [3.05, 3.63) is 59.4 Å². The van der Waals surface area contributed by atoms with Gasteiger partial charge in [-0.1, -0.05) is 6.07 Å². The second-order valence-corrected chi connectivity index (χ2v) is 5.85. The predicted octanol–water partition coefficient (Wildman–Crippen LogP) is 2.36. The highest BCUT2D eigenvalue weighted by atomic mass is 32.2. The van der Waals surface area contributed by atoms with Crippen molar-refractivity contribution in [3.8, 4) is 0 Å². The van der Waals surface area contributed by atoms with E-state index in [9.17, 15) is 21.6 Å². The van der Waals surface area contributed by atoms with E-state index in [1.54, 1.807) is 0 Å². The van der Waals surface area contributed by atoms with Crippen molar-refractivity contribution < 1.29 is 21.6 Å². The highest BCUT2D eigenvalue weighted by molar-refractivity contribution is 7.92. The van der Waals surface area contributed by atoms with Crippen molar-refractivity contribution in [2.45, 2.75) is 11.4 Å². The van der Waals surface area contributed by atoms with Crippen LogP contribution in [0.25, 0.3) is 0 Å². The second-order valence-electron chi connectivity index (χ2n) is 4.20. The van der Waals surface area contributed by atoms with E-state index in [1.165, 1.54) is 12.1 Å². The molecule has 8 heteroatoms.